The van der Waals surface area contributed by atoms with Crippen molar-refractivity contribution in [2.45, 2.75) is 19.4 Å². The monoisotopic (exact) mass is 316 g/mol. The smallest absolute Gasteiger partial charge is 0.213 e. The normalized spacial score (nSPS) is 13.0. The predicted octanol–water partition coefficient (Wildman–Crippen LogP) is 1.79. The summed E-state index contributed by atoms with van der Waals surface area (Å²) in [5.74, 6) is 1.48. The molecule has 120 valence electrons. The molecule has 0 radical (unpaired) electrons. The summed E-state index contributed by atoms with van der Waals surface area (Å²) in [5, 5.41) is 3.26. The molecule has 1 rings (SSSR count). The summed E-state index contributed by atoms with van der Waals surface area (Å²) in [6.07, 6.45) is 0.514. The second-order valence-corrected chi connectivity index (χ2v) is 7.34. The Hall–Kier alpha value is -1.47. The molecule has 7 heteroatoms. The van der Waals surface area contributed by atoms with E-state index in [4.69, 9.17) is 9.47 Å². The number of benzene rings is 1. The molecule has 0 heterocycles. The van der Waals surface area contributed by atoms with Crippen molar-refractivity contribution in [2.75, 3.05) is 39.4 Å². The Bertz CT molecular complexity index is 536. The SMILES string of the molecule is COc1cc(NC(C)CCS(=O)(=O)N(C)C)cc(OC)c1. The van der Waals surface area contributed by atoms with E-state index in [1.165, 1.54) is 4.31 Å². The minimum Gasteiger partial charge on any atom is -0.497 e. The van der Waals surface area contributed by atoms with E-state index in [9.17, 15) is 8.42 Å². The summed E-state index contributed by atoms with van der Waals surface area (Å²) in [5.41, 5.74) is 0.834. The number of methoxy groups -OCH3 is 2. The van der Waals surface area contributed by atoms with Crippen LogP contribution in [0.1, 0.15) is 13.3 Å². The van der Waals surface area contributed by atoms with Gasteiger partial charge in [-0.05, 0) is 13.3 Å². The van der Waals surface area contributed by atoms with Crippen LogP contribution in [-0.2, 0) is 10.0 Å². The first kappa shape index (κ1) is 17.6. The van der Waals surface area contributed by atoms with Crippen molar-refractivity contribution in [1.82, 2.24) is 4.31 Å². The van der Waals surface area contributed by atoms with E-state index in [2.05, 4.69) is 5.32 Å². The Balaban J connectivity index is 2.68. The number of hydrogen-bond donors (Lipinski definition) is 1. The van der Waals surface area contributed by atoms with Crippen molar-refractivity contribution in [1.29, 1.82) is 0 Å². The number of hydrogen-bond acceptors (Lipinski definition) is 5. The van der Waals surface area contributed by atoms with Crippen LogP contribution in [0.5, 0.6) is 11.5 Å². The van der Waals surface area contributed by atoms with Crippen molar-refractivity contribution >= 4 is 15.7 Å². The molecule has 0 spiro atoms. The molecule has 1 unspecified atom stereocenters. The van der Waals surface area contributed by atoms with E-state index in [1.54, 1.807) is 34.4 Å². The molecule has 0 aromatic heterocycles. The summed E-state index contributed by atoms with van der Waals surface area (Å²) < 4.78 is 35.1. The summed E-state index contributed by atoms with van der Waals surface area (Å²) >= 11 is 0. The molecule has 6 nitrogen and oxygen atoms in total. The quantitative estimate of drug-likeness (QED) is 0.792. The van der Waals surface area contributed by atoms with Gasteiger partial charge in [0.25, 0.3) is 0 Å². The minimum atomic E-state index is -3.17. The molecule has 0 amide bonds. The van der Waals surface area contributed by atoms with Gasteiger partial charge in [0.2, 0.25) is 10.0 Å². The van der Waals surface area contributed by atoms with Crippen molar-refractivity contribution in [3.05, 3.63) is 18.2 Å². The van der Waals surface area contributed by atoms with Crippen LogP contribution < -0.4 is 14.8 Å². The molecule has 0 aliphatic rings. The zero-order valence-electron chi connectivity index (χ0n) is 13.2. The second-order valence-electron chi connectivity index (χ2n) is 5.03. The van der Waals surface area contributed by atoms with Crippen molar-refractivity contribution < 1.29 is 17.9 Å². The van der Waals surface area contributed by atoms with Crippen LogP contribution in [-0.4, -0.2) is 52.8 Å². The number of ether oxygens (including phenoxy) is 2. The summed E-state index contributed by atoms with van der Waals surface area (Å²) in [6.45, 7) is 1.94. The Morgan fingerprint density at radius 3 is 2.10 bits per heavy atom. The topological polar surface area (TPSA) is 67.9 Å². The maximum Gasteiger partial charge on any atom is 0.213 e. The number of anilines is 1. The lowest BCUT2D eigenvalue weighted by atomic mass is 10.2. The molecule has 1 aromatic rings. The van der Waals surface area contributed by atoms with Gasteiger partial charge in [0.1, 0.15) is 11.5 Å². The van der Waals surface area contributed by atoms with Crippen LogP contribution >= 0.6 is 0 Å². The van der Waals surface area contributed by atoms with Crippen molar-refractivity contribution in [3.8, 4) is 11.5 Å². The molecular weight excluding hydrogens is 292 g/mol. The molecular formula is C14H24N2O4S. The highest BCUT2D eigenvalue weighted by atomic mass is 32.2. The molecule has 1 N–H and O–H groups in total. The van der Waals surface area contributed by atoms with Crippen LogP contribution in [0.15, 0.2) is 18.2 Å². The number of rotatable bonds is 8. The van der Waals surface area contributed by atoms with Gasteiger partial charge >= 0.3 is 0 Å². The largest absolute Gasteiger partial charge is 0.497 e. The summed E-state index contributed by atoms with van der Waals surface area (Å²) in [7, 11) is 3.09. The van der Waals surface area contributed by atoms with Gasteiger partial charge in [0.05, 0.1) is 20.0 Å². The fraction of sp³-hybridized carbons (Fsp3) is 0.571. The number of sulfonamides is 1. The Labute approximate surface area is 127 Å². The first-order valence-electron chi connectivity index (χ1n) is 6.68. The third-order valence-corrected chi connectivity index (χ3v) is 4.99. The molecule has 0 saturated carbocycles. The highest BCUT2D eigenvalue weighted by Gasteiger charge is 2.15. The second kappa shape index (κ2) is 7.51. The Morgan fingerprint density at radius 1 is 1.14 bits per heavy atom. The fourth-order valence-corrected chi connectivity index (χ4v) is 2.77. The van der Waals surface area contributed by atoms with E-state index in [1.807, 2.05) is 19.1 Å². The molecule has 0 bridgehead atoms. The van der Waals surface area contributed by atoms with Crippen molar-refractivity contribution in [3.63, 3.8) is 0 Å². The molecule has 0 aliphatic carbocycles. The lowest BCUT2D eigenvalue weighted by molar-refractivity contribution is 0.394. The first-order chi connectivity index (χ1) is 9.78. The summed E-state index contributed by atoms with van der Waals surface area (Å²) in [4.78, 5) is 0. The highest BCUT2D eigenvalue weighted by Crippen LogP contribution is 2.26. The zero-order valence-corrected chi connectivity index (χ0v) is 14.0. The van der Waals surface area contributed by atoms with Gasteiger partial charge in [-0.2, -0.15) is 0 Å². The van der Waals surface area contributed by atoms with Crippen LogP contribution in [0, 0.1) is 0 Å². The zero-order chi connectivity index (χ0) is 16.0. The van der Waals surface area contributed by atoms with Gasteiger partial charge in [0, 0.05) is 44.0 Å². The average molecular weight is 316 g/mol. The Morgan fingerprint density at radius 2 is 1.67 bits per heavy atom. The van der Waals surface area contributed by atoms with E-state index in [0.29, 0.717) is 17.9 Å². The van der Waals surface area contributed by atoms with Gasteiger partial charge in [-0.1, -0.05) is 0 Å². The van der Waals surface area contributed by atoms with Gasteiger partial charge in [-0.15, -0.1) is 0 Å². The summed E-state index contributed by atoms with van der Waals surface area (Å²) in [6, 6.07) is 5.49. The molecule has 0 saturated heterocycles. The Kier molecular flexibility index (Phi) is 6.29. The van der Waals surface area contributed by atoms with E-state index in [-0.39, 0.29) is 11.8 Å². The van der Waals surface area contributed by atoms with Gasteiger partial charge < -0.3 is 14.8 Å². The lowest BCUT2D eigenvalue weighted by Crippen LogP contribution is -2.28. The van der Waals surface area contributed by atoms with E-state index in [0.717, 1.165) is 5.69 Å². The molecule has 0 aliphatic heterocycles. The van der Waals surface area contributed by atoms with Gasteiger partial charge in [-0.25, -0.2) is 12.7 Å². The van der Waals surface area contributed by atoms with Crippen LogP contribution in [0.4, 0.5) is 5.69 Å². The molecule has 1 atom stereocenters. The lowest BCUT2D eigenvalue weighted by Gasteiger charge is -2.18. The minimum absolute atomic E-state index is 0.0107. The third kappa shape index (κ3) is 5.43. The average Bonchev–Trinajstić information content (AvgIpc) is 2.44. The fourth-order valence-electron chi connectivity index (χ4n) is 1.76. The number of nitrogens with zero attached hydrogens (tertiary/aromatic N) is 1. The van der Waals surface area contributed by atoms with Crippen LogP contribution in [0.2, 0.25) is 0 Å². The predicted molar refractivity (Wildman–Crippen MR) is 84.7 cm³/mol. The standard InChI is InChI=1S/C14H24N2O4S/c1-11(6-7-21(17,18)16(2)3)15-12-8-13(19-4)10-14(9-12)20-5/h8-11,15H,6-7H2,1-5H3. The third-order valence-electron chi connectivity index (χ3n) is 3.13. The van der Waals surface area contributed by atoms with E-state index < -0.39 is 10.0 Å². The molecule has 21 heavy (non-hydrogen) atoms. The highest BCUT2D eigenvalue weighted by molar-refractivity contribution is 7.89. The van der Waals surface area contributed by atoms with Crippen molar-refractivity contribution in [2.24, 2.45) is 0 Å². The van der Waals surface area contributed by atoms with Gasteiger partial charge in [-0.3, -0.25) is 0 Å². The first-order valence-corrected chi connectivity index (χ1v) is 8.29. The maximum atomic E-state index is 11.7. The van der Waals surface area contributed by atoms with Crippen LogP contribution in [0.25, 0.3) is 0 Å². The number of nitrogens with one attached hydrogen (secondary N) is 1. The maximum absolute atomic E-state index is 11.7. The van der Waals surface area contributed by atoms with E-state index >= 15 is 0 Å². The molecule has 0 fully saturated rings. The van der Waals surface area contributed by atoms with Crippen LogP contribution in [0.3, 0.4) is 0 Å². The molecule has 1 aromatic carbocycles. The van der Waals surface area contributed by atoms with Gasteiger partial charge in [0.15, 0.2) is 0 Å².